The molecule has 1 amide bonds. The lowest BCUT2D eigenvalue weighted by Crippen LogP contribution is -2.25. The third kappa shape index (κ3) is 6.80. The monoisotopic (exact) mass is 655 g/mol. The minimum atomic E-state index is -0.763. The van der Waals surface area contributed by atoms with Crippen LogP contribution in [0.2, 0.25) is 0 Å². The van der Waals surface area contributed by atoms with E-state index in [2.05, 4.69) is 20.3 Å². The van der Waals surface area contributed by atoms with Crippen molar-refractivity contribution in [2.24, 2.45) is 0 Å². The number of pyridine rings is 4. The Morgan fingerprint density at radius 3 is 2.38 bits per heavy atom. The normalized spacial score (nSPS) is 10.9. The van der Waals surface area contributed by atoms with Crippen LogP contribution in [0.25, 0.3) is 33.3 Å². The molecule has 47 heavy (non-hydrogen) atoms. The van der Waals surface area contributed by atoms with Crippen molar-refractivity contribution in [1.29, 1.82) is 0 Å². The molecular weight excluding hydrogens is 628 g/mol. The molecular formula is C35H28ClF2N5O4. The molecule has 0 atom stereocenters. The molecule has 0 radical (unpaired) electrons. The lowest BCUT2D eigenvalue weighted by Gasteiger charge is -2.16. The van der Waals surface area contributed by atoms with Gasteiger partial charge in [0.2, 0.25) is 11.3 Å². The first-order chi connectivity index (χ1) is 22.2. The standard InChI is InChI=1S/C35H27F2N5O4.ClH/c1-20(2)42-18-26(21-6-8-23(36)9-7-21)33(43)27(19-42)34(44)40-24-10-11-30(28(37)15-24)46-31-12-14-39-29-16-25(22-5-4-13-38-17-22)35(45-3)41-32(29)31;/h4-20H,1-3H3,(H,40,44);1H. The minimum absolute atomic E-state index is 0. The van der Waals surface area contributed by atoms with Crippen LogP contribution in [0.5, 0.6) is 17.4 Å². The van der Waals surface area contributed by atoms with E-state index in [0.717, 1.165) is 11.6 Å². The van der Waals surface area contributed by atoms with Crippen LogP contribution in [-0.4, -0.2) is 32.5 Å². The van der Waals surface area contributed by atoms with Crippen molar-refractivity contribution in [2.75, 3.05) is 12.4 Å². The van der Waals surface area contributed by atoms with Crippen molar-refractivity contribution in [3.63, 3.8) is 0 Å². The van der Waals surface area contributed by atoms with E-state index >= 15 is 4.39 Å². The summed E-state index contributed by atoms with van der Waals surface area (Å²) < 4.78 is 42.0. The number of anilines is 1. The molecule has 9 nitrogen and oxygen atoms in total. The molecule has 6 aromatic rings. The fourth-order valence-corrected chi connectivity index (χ4v) is 4.87. The van der Waals surface area contributed by atoms with Crippen LogP contribution in [0.3, 0.4) is 0 Å². The van der Waals surface area contributed by atoms with Crippen LogP contribution >= 0.6 is 12.4 Å². The molecule has 0 bridgehead atoms. The molecule has 4 aromatic heterocycles. The van der Waals surface area contributed by atoms with Gasteiger partial charge in [-0.2, -0.15) is 0 Å². The number of amides is 1. The molecule has 0 aliphatic rings. The number of nitrogens with one attached hydrogen (secondary N) is 1. The van der Waals surface area contributed by atoms with Gasteiger partial charge in [-0.25, -0.2) is 13.8 Å². The van der Waals surface area contributed by atoms with Gasteiger partial charge < -0.3 is 19.4 Å². The number of fused-ring (bicyclic) bond motifs is 1. The molecule has 0 aliphatic heterocycles. The maximum absolute atomic E-state index is 15.3. The highest BCUT2D eigenvalue weighted by Gasteiger charge is 2.19. The number of nitrogens with zero attached hydrogens (tertiary/aromatic N) is 4. The van der Waals surface area contributed by atoms with Gasteiger partial charge >= 0.3 is 0 Å². The predicted molar refractivity (Wildman–Crippen MR) is 177 cm³/mol. The largest absolute Gasteiger partial charge is 0.481 e. The number of hydrogen-bond donors (Lipinski definition) is 1. The second-order valence-corrected chi connectivity index (χ2v) is 10.6. The first-order valence-corrected chi connectivity index (χ1v) is 14.3. The average molecular weight is 656 g/mol. The van der Waals surface area contributed by atoms with Crippen molar-refractivity contribution in [2.45, 2.75) is 19.9 Å². The van der Waals surface area contributed by atoms with E-state index in [4.69, 9.17) is 9.47 Å². The summed E-state index contributed by atoms with van der Waals surface area (Å²) in [6.45, 7) is 3.79. The second kappa shape index (κ2) is 13.8. The number of hydrogen-bond acceptors (Lipinski definition) is 7. The van der Waals surface area contributed by atoms with Gasteiger partial charge in [0.25, 0.3) is 5.91 Å². The molecule has 0 spiro atoms. The number of rotatable bonds is 8. The zero-order valence-corrected chi connectivity index (χ0v) is 26.2. The van der Waals surface area contributed by atoms with Gasteiger partial charge in [0.05, 0.1) is 12.6 Å². The van der Waals surface area contributed by atoms with Gasteiger partial charge in [0.1, 0.15) is 16.9 Å². The summed E-state index contributed by atoms with van der Waals surface area (Å²) in [4.78, 5) is 39.8. The topological polar surface area (TPSA) is 108 Å². The van der Waals surface area contributed by atoms with E-state index in [1.54, 1.807) is 41.4 Å². The number of benzene rings is 2. The summed E-state index contributed by atoms with van der Waals surface area (Å²) in [5.74, 6) is -1.50. The van der Waals surface area contributed by atoms with Crippen LogP contribution in [0, 0.1) is 11.6 Å². The molecule has 1 N–H and O–H groups in total. The fourth-order valence-electron chi connectivity index (χ4n) is 4.87. The Bertz CT molecular complexity index is 2140. The van der Waals surface area contributed by atoms with Crippen molar-refractivity contribution in [3.05, 3.63) is 125 Å². The summed E-state index contributed by atoms with van der Waals surface area (Å²) in [7, 11) is 1.49. The molecule has 12 heteroatoms. The summed E-state index contributed by atoms with van der Waals surface area (Å²) in [5.41, 5.74) is 2.44. The number of aromatic nitrogens is 4. The van der Waals surface area contributed by atoms with Gasteiger partial charge in [-0.05, 0) is 55.8 Å². The van der Waals surface area contributed by atoms with Gasteiger partial charge in [-0.1, -0.05) is 18.2 Å². The maximum Gasteiger partial charge on any atom is 0.261 e. The number of ether oxygens (including phenoxy) is 2. The summed E-state index contributed by atoms with van der Waals surface area (Å²) >= 11 is 0. The van der Waals surface area contributed by atoms with Gasteiger partial charge in [-0.3, -0.25) is 19.6 Å². The highest BCUT2D eigenvalue weighted by molar-refractivity contribution is 6.04. The van der Waals surface area contributed by atoms with E-state index < -0.39 is 23.0 Å². The Kier molecular flexibility index (Phi) is 9.57. The molecule has 0 fully saturated rings. The van der Waals surface area contributed by atoms with E-state index in [-0.39, 0.29) is 46.8 Å². The molecule has 4 heterocycles. The molecule has 0 aliphatic carbocycles. The van der Waals surface area contributed by atoms with Crippen molar-refractivity contribution in [3.8, 4) is 39.6 Å². The van der Waals surface area contributed by atoms with Gasteiger partial charge in [-0.15, -0.1) is 12.4 Å². The van der Waals surface area contributed by atoms with E-state index in [9.17, 15) is 14.0 Å². The molecule has 0 saturated carbocycles. The summed E-state index contributed by atoms with van der Waals surface area (Å²) in [5, 5.41) is 2.60. The molecule has 0 unspecified atom stereocenters. The summed E-state index contributed by atoms with van der Waals surface area (Å²) in [6, 6.07) is 16.3. The molecule has 6 rings (SSSR count). The van der Waals surface area contributed by atoms with Crippen molar-refractivity contribution in [1.82, 2.24) is 19.5 Å². The predicted octanol–water partition coefficient (Wildman–Crippen LogP) is 7.85. The Labute approximate surface area is 274 Å². The van der Waals surface area contributed by atoms with Crippen molar-refractivity contribution >= 4 is 35.0 Å². The Hall–Kier alpha value is -5.68. The zero-order chi connectivity index (χ0) is 32.4. The third-order valence-electron chi connectivity index (χ3n) is 7.26. The number of methoxy groups -OCH3 is 1. The van der Waals surface area contributed by atoms with Crippen LogP contribution in [0.1, 0.15) is 30.2 Å². The Morgan fingerprint density at radius 1 is 0.915 bits per heavy atom. The van der Waals surface area contributed by atoms with Gasteiger partial charge in [0, 0.05) is 71.5 Å². The van der Waals surface area contributed by atoms with Crippen LogP contribution < -0.4 is 20.2 Å². The summed E-state index contributed by atoms with van der Waals surface area (Å²) in [6.07, 6.45) is 7.93. The first kappa shape index (κ1) is 32.7. The van der Waals surface area contributed by atoms with E-state index in [1.807, 2.05) is 19.9 Å². The quantitative estimate of drug-likeness (QED) is 0.178. The van der Waals surface area contributed by atoms with Crippen molar-refractivity contribution < 1.29 is 23.0 Å². The Morgan fingerprint density at radius 2 is 1.70 bits per heavy atom. The molecule has 238 valence electrons. The van der Waals surface area contributed by atoms with Gasteiger partial charge in [0.15, 0.2) is 17.3 Å². The fraction of sp³-hybridized carbons (Fsp3) is 0.114. The number of halogens is 3. The SMILES string of the molecule is COc1nc2c(Oc3ccc(NC(=O)c4cn(C(C)C)cc(-c5ccc(F)cc5)c4=O)cc3F)ccnc2cc1-c1cccnc1.Cl. The second-order valence-electron chi connectivity index (χ2n) is 10.6. The minimum Gasteiger partial charge on any atom is -0.481 e. The maximum atomic E-state index is 15.3. The first-order valence-electron chi connectivity index (χ1n) is 14.3. The lowest BCUT2D eigenvalue weighted by atomic mass is 10.0. The van der Waals surface area contributed by atoms with E-state index in [1.165, 1.54) is 55.9 Å². The number of carbonyl (C=O) groups is 1. The van der Waals surface area contributed by atoms with Crippen LogP contribution in [-0.2, 0) is 0 Å². The van der Waals surface area contributed by atoms with Crippen LogP contribution in [0.4, 0.5) is 14.5 Å². The molecule has 2 aromatic carbocycles. The average Bonchev–Trinajstić information content (AvgIpc) is 3.06. The molecule has 0 saturated heterocycles. The highest BCUT2D eigenvalue weighted by Crippen LogP contribution is 2.36. The van der Waals surface area contributed by atoms with E-state index in [0.29, 0.717) is 28.0 Å². The highest BCUT2D eigenvalue weighted by atomic mass is 35.5. The zero-order valence-electron chi connectivity index (χ0n) is 25.4. The number of carbonyl (C=O) groups excluding carboxylic acids is 1. The Balaban J connectivity index is 0.00000433. The third-order valence-corrected chi connectivity index (χ3v) is 7.26. The van der Waals surface area contributed by atoms with Crippen LogP contribution in [0.15, 0.2) is 103 Å². The smallest absolute Gasteiger partial charge is 0.261 e. The lowest BCUT2D eigenvalue weighted by molar-refractivity contribution is 0.102.